The maximum atomic E-state index is 12.1. The first kappa shape index (κ1) is 14.5. The van der Waals surface area contributed by atoms with Crippen LogP contribution in [-0.4, -0.2) is 16.0 Å². The number of thiazole rings is 1. The standard InChI is InChI=1S/C15H16N4O2S/c1-8-7-22-14(16-8)9(2)17-15(20)19-11-4-5-12-13(6-11)21-10(3)18-12/h4-7,9H,1-3H3,(H2,17,19,20). The molecule has 0 aliphatic heterocycles. The highest BCUT2D eigenvalue weighted by Gasteiger charge is 2.13. The number of amides is 2. The fourth-order valence-electron chi connectivity index (χ4n) is 2.11. The normalized spacial score (nSPS) is 12.3. The summed E-state index contributed by atoms with van der Waals surface area (Å²) in [6, 6.07) is 4.94. The highest BCUT2D eigenvalue weighted by atomic mass is 32.1. The van der Waals surface area contributed by atoms with Crippen LogP contribution in [0.2, 0.25) is 0 Å². The molecule has 2 heterocycles. The third-order valence-electron chi connectivity index (χ3n) is 3.11. The molecule has 7 heteroatoms. The number of hydrogen-bond acceptors (Lipinski definition) is 5. The number of benzene rings is 1. The van der Waals surface area contributed by atoms with Gasteiger partial charge < -0.3 is 15.1 Å². The molecule has 22 heavy (non-hydrogen) atoms. The zero-order valence-corrected chi connectivity index (χ0v) is 13.3. The van der Waals surface area contributed by atoms with E-state index in [-0.39, 0.29) is 12.1 Å². The summed E-state index contributed by atoms with van der Waals surface area (Å²) in [4.78, 5) is 20.6. The highest BCUT2D eigenvalue weighted by molar-refractivity contribution is 7.09. The fraction of sp³-hybridized carbons (Fsp3) is 0.267. The molecule has 0 fully saturated rings. The van der Waals surface area contributed by atoms with Crippen molar-refractivity contribution in [1.82, 2.24) is 15.3 Å². The summed E-state index contributed by atoms with van der Waals surface area (Å²) < 4.78 is 5.45. The van der Waals surface area contributed by atoms with Crippen molar-refractivity contribution in [3.05, 3.63) is 40.2 Å². The smallest absolute Gasteiger partial charge is 0.319 e. The van der Waals surface area contributed by atoms with E-state index in [1.165, 1.54) is 11.3 Å². The zero-order chi connectivity index (χ0) is 15.7. The highest BCUT2D eigenvalue weighted by Crippen LogP contribution is 2.20. The predicted molar refractivity (Wildman–Crippen MR) is 86.2 cm³/mol. The number of urea groups is 1. The van der Waals surface area contributed by atoms with Crippen molar-refractivity contribution in [3.8, 4) is 0 Å². The Morgan fingerprint density at radius 3 is 2.86 bits per heavy atom. The summed E-state index contributed by atoms with van der Waals surface area (Å²) in [5.41, 5.74) is 3.04. The number of aromatic nitrogens is 2. The first-order valence-corrected chi connectivity index (χ1v) is 7.76. The SMILES string of the molecule is Cc1csc(C(C)NC(=O)Nc2ccc3nc(C)oc3c2)n1. The van der Waals surface area contributed by atoms with E-state index in [4.69, 9.17) is 4.42 Å². The van der Waals surface area contributed by atoms with E-state index in [0.717, 1.165) is 16.2 Å². The summed E-state index contributed by atoms with van der Waals surface area (Å²) >= 11 is 1.53. The summed E-state index contributed by atoms with van der Waals surface area (Å²) in [6.07, 6.45) is 0. The van der Waals surface area contributed by atoms with E-state index < -0.39 is 0 Å². The zero-order valence-electron chi connectivity index (χ0n) is 12.5. The average molecular weight is 316 g/mol. The summed E-state index contributed by atoms with van der Waals surface area (Å²) in [5.74, 6) is 0.601. The molecule has 1 unspecified atom stereocenters. The van der Waals surface area contributed by atoms with Gasteiger partial charge in [0.05, 0.1) is 6.04 Å². The third-order valence-corrected chi connectivity index (χ3v) is 4.25. The first-order chi connectivity index (χ1) is 10.5. The monoisotopic (exact) mass is 316 g/mol. The molecule has 114 valence electrons. The van der Waals surface area contributed by atoms with Crippen LogP contribution < -0.4 is 10.6 Å². The Kier molecular flexibility index (Phi) is 3.81. The van der Waals surface area contributed by atoms with Gasteiger partial charge in [-0.15, -0.1) is 11.3 Å². The fourth-order valence-corrected chi connectivity index (χ4v) is 2.92. The van der Waals surface area contributed by atoms with Crippen LogP contribution >= 0.6 is 11.3 Å². The minimum atomic E-state index is -0.282. The predicted octanol–water partition coefficient (Wildman–Crippen LogP) is 3.78. The molecule has 0 spiro atoms. The lowest BCUT2D eigenvalue weighted by atomic mass is 10.3. The molecule has 2 amide bonds. The molecule has 6 nitrogen and oxygen atoms in total. The summed E-state index contributed by atoms with van der Waals surface area (Å²) in [7, 11) is 0. The molecule has 0 aliphatic rings. The van der Waals surface area contributed by atoms with Crippen molar-refractivity contribution in [2.24, 2.45) is 0 Å². The van der Waals surface area contributed by atoms with Crippen LogP contribution in [0.1, 0.15) is 29.6 Å². The number of oxazole rings is 1. The number of hydrogen-bond donors (Lipinski definition) is 2. The number of rotatable bonds is 3. The van der Waals surface area contributed by atoms with Crippen molar-refractivity contribution in [2.75, 3.05) is 5.32 Å². The molecule has 2 N–H and O–H groups in total. The van der Waals surface area contributed by atoms with Crippen molar-refractivity contribution < 1.29 is 9.21 Å². The van der Waals surface area contributed by atoms with Gasteiger partial charge in [-0.25, -0.2) is 14.8 Å². The third kappa shape index (κ3) is 3.09. The first-order valence-electron chi connectivity index (χ1n) is 6.88. The Morgan fingerprint density at radius 2 is 2.14 bits per heavy atom. The second-order valence-electron chi connectivity index (χ2n) is 5.06. The van der Waals surface area contributed by atoms with Crippen molar-refractivity contribution in [2.45, 2.75) is 26.8 Å². The van der Waals surface area contributed by atoms with Crippen molar-refractivity contribution >= 4 is 34.2 Å². The van der Waals surface area contributed by atoms with Crippen LogP contribution in [0, 0.1) is 13.8 Å². The van der Waals surface area contributed by atoms with E-state index in [1.54, 1.807) is 19.1 Å². The molecular formula is C15H16N4O2S. The number of fused-ring (bicyclic) bond motifs is 1. The van der Waals surface area contributed by atoms with Gasteiger partial charge in [-0.1, -0.05) is 0 Å². The van der Waals surface area contributed by atoms with Gasteiger partial charge in [0, 0.05) is 29.8 Å². The number of nitrogens with zero attached hydrogens (tertiary/aromatic N) is 2. The van der Waals surface area contributed by atoms with Gasteiger partial charge in [0.15, 0.2) is 11.5 Å². The van der Waals surface area contributed by atoms with Gasteiger partial charge in [0.25, 0.3) is 0 Å². The Balaban J connectivity index is 1.67. The lowest BCUT2D eigenvalue weighted by Gasteiger charge is -2.12. The molecule has 0 saturated heterocycles. The molecule has 0 aliphatic carbocycles. The molecule has 0 saturated carbocycles. The summed E-state index contributed by atoms with van der Waals surface area (Å²) in [6.45, 7) is 5.62. The largest absolute Gasteiger partial charge is 0.441 e. The maximum absolute atomic E-state index is 12.1. The lowest BCUT2D eigenvalue weighted by Crippen LogP contribution is -2.31. The minimum Gasteiger partial charge on any atom is -0.441 e. The topological polar surface area (TPSA) is 80.0 Å². The van der Waals surface area contributed by atoms with Crippen LogP contribution in [0.5, 0.6) is 0 Å². The second-order valence-corrected chi connectivity index (χ2v) is 5.95. The quantitative estimate of drug-likeness (QED) is 0.770. The lowest BCUT2D eigenvalue weighted by molar-refractivity contribution is 0.249. The van der Waals surface area contributed by atoms with Gasteiger partial charge in [-0.2, -0.15) is 0 Å². The van der Waals surface area contributed by atoms with Gasteiger partial charge >= 0.3 is 6.03 Å². The molecule has 3 rings (SSSR count). The second kappa shape index (κ2) is 5.76. The van der Waals surface area contributed by atoms with Gasteiger partial charge in [0.1, 0.15) is 10.5 Å². The van der Waals surface area contributed by atoms with Crippen molar-refractivity contribution in [3.63, 3.8) is 0 Å². The van der Waals surface area contributed by atoms with E-state index in [1.807, 2.05) is 25.3 Å². The van der Waals surface area contributed by atoms with Gasteiger partial charge in [-0.05, 0) is 26.0 Å². The van der Waals surface area contributed by atoms with E-state index >= 15 is 0 Å². The molecule has 3 aromatic rings. The van der Waals surface area contributed by atoms with Crippen LogP contribution in [-0.2, 0) is 0 Å². The van der Waals surface area contributed by atoms with Crippen LogP contribution in [0.4, 0.5) is 10.5 Å². The van der Waals surface area contributed by atoms with Crippen LogP contribution in [0.3, 0.4) is 0 Å². The molecular weight excluding hydrogens is 300 g/mol. The molecule has 0 bridgehead atoms. The molecule has 0 radical (unpaired) electrons. The Hall–Kier alpha value is -2.41. The average Bonchev–Trinajstić information content (AvgIpc) is 3.03. The molecule has 1 atom stereocenters. The number of carbonyl (C=O) groups excluding carboxylic acids is 1. The van der Waals surface area contributed by atoms with E-state index in [9.17, 15) is 4.79 Å². The van der Waals surface area contributed by atoms with Crippen LogP contribution in [0.25, 0.3) is 11.1 Å². The number of anilines is 1. The minimum absolute atomic E-state index is 0.144. The Labute approximate surface area is 131 Å². The van der Waals surface area contributed by atoms with E-state index in [0.29, 0.717) is 17.2 Å². The number of carbonyl (C=O) groups is 1. The Bertz CT molecular complexity index is 824. The Morgan fingerprint density at radius 1 is 1.32 bits per heavy atom. The van der Waals surface area contributed by atoms with Crippen LogP contribution in [0.15, 0.2) is 28.0 Å². The number of aryl methyl sites for hydroxylation is 2. The number of nitrogens with one attached hydrogen (secondary N) is 2. The molecule has 1 aromatic carbocycles. The van der Waals surface area contributed by atoms with E-state index in [2.05, 4.69) is 20.6 Å². The maximum Gasteiger partial charge on any atom is 0.319 e. The summed E-state index contributed by atoms with van der Waals surface area (Å²) in [5, 5.41) is 8.50. The van der Waals surface area contributed by atoms with Crippen molar-refractivity contribution in [1.29, 1.82) is 0 Å². The van der Waals surface area contributed by atoms with Gasteiger partial charge in [0.2, 0.25) is 0 Å². The molecule has 2 aromatic heterocycles. The van der Waals surface area contributed by atoms with Gasteiger partial charge in [-0.3, -0.25) is 0 Å².